The minimum absolute atomic E-state index is 0.00645. The van der Waals surface area contributed by atoms with Crippen molar-refractivity contribution in [3.8, 4) is 0 Å². The highest BCUT2D eigenvalue weighted by atomic mass is 79.9. The van der Waals surface area contributed by atoms with Gasteiger partial charge < -0.3 is 11.1 Å². The Morgan fingerprint density at radius 3 is 2.95 bits per heavy atom. The molecule has 9 heteroatoms. The Bertz CT molecular complexity index is 603. The van der Waals surface area contributed by atoms with Crippen molar-refractivity contribution in [2.24, 2.45) is 0 Å². The van der Waals surface area contributed by atoms with Crippen LogP contribution in [0.25, 0.3) is 0 Å². The highest BCUT2D eigenvalue weighted by molar-refractivity contribution is 9.11. The van der Waals surface area contributed by atoms with Crippen LogP contribution in [-0.4, -0.2) is 21.4 Å². The predicted molar refractivity (Wildman–Crippen MR) is 77.3 cm³/mol. The molecule has 3 N–H and O–H groups in total. The van der Waals surface area contributed by atoms with E-state index in [0.29, 0.717) is 6.54 Å². The van der Waals surface area contributed by atoms with E-state index in [1.807, 2.05) is 12.1 Å². The average molecular weight is 344 g/mol. The van der Waals surface area contributed by atoms with Crippen LogP contribution in [0, 0.1) is 10.1 Å². The molecule has 0 aliphatic heterocycles. The lowest BCUT2D eigenvalue weighted by Gasteiger charge is -2.05. The third kappa shape index (κ3) is 3.61. The van der Waals surface area contributed by atoms with E-state index in [0.717, 1.165) is 16.4 Å². The minimum atomic E-state index is -0.538. The highest BCUT2D eigenvalue weighted by Crippen LogP contribution is 2.24. The van der Waals surface area contributed by atoms with Gasteiger partial charge in [-0.2, -0.15) is 4.98 Å². The number of nitrogens with two attached hydrogens (primary N) is 1. The van der Waals surface area contributed by atoms with Crippen LogP contribution in [0.1, 0.15) is 4.88 Å². The standard InChI is InChI=1S/C10H10BrN5O2S/c11-8-2-1-6(19-8)3-4-13-9-7(16(17)18)5-14-10(12)15-9/h1-2,5H,3-4H2,(H3,12,13,14,15). The van der Waals surface area contributed by atoms with E-state index in [2.05, 4.69) is 31.2 Å². The van der Waals surface area contributed by atoms with Crippen molar-refractivity contribution in [1.29, 1.82) is 0 Å². The molecule has 0 bridgehead atoms. The van der Waals surface area contributed by atoms with Crippen LogP contribution in [0.5, 0.6) is 0 Å². The quantitative estimate of drug-likeness (QED) is 0.637. The Morgan fingerprint density at radius 2 is 2.32 bits per heavy atom. The zero-order valence-corrected chi connectivity index (χ0v) is 12.1. The van der Waals surface area contributed by atoms with Crippen LogP contribution in [-0.2, 0) is 6.42 Å². The van der Waals surface area contributed by atoms with Crippen molar-refractivity contribution in [2.45, 2.75) is 6.42 Å². The van der Waals surface area contributed by atoms with Gasteiger partial charge in [0.1, 0.15) is 6.20 Å². The van der Waals surface area contributed by atoms with Crippen LogP contribution in [0.15, 0.2) is 22.1 Å². The van der Waals surface area contributed by atoms with E-state index in [9.17, 15) is 10.1 Å². The van der Waals surface area contributed by atoms with E-state index in [1.54, 1.807) is 11.3 Å². The molecule has 0 saturated heterocycles. The molecule has 0 unspecified atom stereocenters. The molecule has 0 radical (unpaired) electrons. The summed E-state index contributed by atoms with van der Waals surface area (Å²) in [5.41, 5.74) is 5.25. The van der Waals surface area contributed by atoms with Gasteiger partial charge in [-0.1, -0.05) is 0 Å². The number of thiophene rings is 1. The molecule has 2 aromatic rings. The molecule has 0 aliphatic rings. The second-order valence-corrected chi connectivity index (χ2v) is 6.15. The zero-order chi connectivity index (χ0) is 13.8. The van der Waals surface area contributed by atoms with Crippen molar-refractivity contribution < 1.29 is 4.92 Å². The van der Waals surface area contributed by atoms with Gasteiger partial charge in [0, 0.05) is 11.4 Å². The second kappa shape index (κ2) is 5.93. The maximum Gasteiger partial charge on any atom is 0.329 e. The first-order valence-corrected chi connectivity index (χ1v) is 6.92. The number of hydrogen-bond acceptors (Lipinski definition) is 7. The van der Waals surface area contributed by atoms with Crippen LogP contribution >= 0.6 is 27.3 Å². The van der Waals surface area contributed by atoms with E-state index >= 15 is 0 Å². The monoisotopic (exact) mass is 343 g/mol. The van der Waals surface area contributed by atoms with Gasteiger partial charge in [0.15, 0.2) is 0 Å². The summed E-state index contributed by atoms with van der Waals surface area (Å²) in [6, 6.07) is 3.96. The molecule has 0 amide bonds. The van der Waals surface area contributed by atoms with Crippen LogP contribution in [0.2, 0.25) is 0 Å². The number of nitro groups is 1. The lowest BCUT2D eigenvalue weighted by molar-refractivity contribution is -0.384. The number of nitrogens with one attached hydrogen (secondary N) is 1. The van der Waals surface area contributed by atoms with Crippen molar-refractivity contribution >= 4 is 44.7 Å². The Kier molecular flexibility index (Phi) is 4.27. The normalized spacial score (nSPS) is 10.4. The van der Waals surface area contributed by atoms with Gasteiger partial charge >= 0.3 is 5.69 Å². The van der Waals surface area contributed by atoms with Gasteiger partial charge in [0.05, 0.1) is 8.71 Å². The van der Waals surface area contributed by atoms with Crippen molar-refractivity contribution in [1.82, 2.24) is 9.97 Å². The summed E-state index contributed by atoms with van der Waals surface area (Å²) in [6.07, 6.45) is 1.85. The molecule has 100 valence electrons. The van der Waals surface area contributed by atoms with E-state index < -0.39 is 4.92 Å². The molecular weight excluding hydrogens is 334 g/mol. The molecule has 0 saturated carbocycles. The smallest absolute Gasteiger partial charge is 0.329 e. The molecule has 0 aromatic carbocycles. The lowest BCUT2D eigenvalue weighted by Crippen LogP contribution is -2.10. The largest absolute Gasteiger partial charge is 0.368 e. The molecule has 2 rings (SSSR count). The molecule has 0 atom stereocenters. The fourth-order valence-corrected chi connectivity index (χ4v) is 2.93. The summed E-state index contributed by atoms with van der Waals surface area (Å²) < 4.78 is 1.06. The lowest BCUT2D eigenvalue weighted by atomic mass is 10.3. The van der Waals surface area contributed by atoms with Gasteiger partial charge in [0.25, 0.3) is 0 Å². The molecule has 0 aliphatic carbocycles. The first-order valence-electron chi connectivity index (χ1n) is 5.31. The Labute approximate surface area is 121 Å². The van der Waals surface area contributed by atoms with E-state index in [4.69, 9.17) is 5.73 Å². The summed E-state index contributed by atoms with van der Waals surface area (Å²) in [4.78, 5) is 18.9. The third-order valence-electron chi connectivity index (χ3n) is 2.28. The molecule has 0 fully saturated rings. The second-order valence-electron chi connectivity index (χ2n) is 3.60. The first kappa shape index (κ1) is 13.7. The minimum Gasteiger partial charge on any atom is -0.368 e. The summed E-state index contributed by atoms with van der Waals surface area (Å²) >= 11 is 5.00. The Balaban J connectivity index is 2.02. The molecule has 2 aromatic heterocycles. The summed E-state index contributed by atoms with van der Waals surface area (Å²) in [5.74, 6) is 0.153. The van der Waals surface area contributed by atoms with Crippen LogP contribution in [0.4, 0.5) is 17.5 Å². The number of nitrogen functional groups attached to an aromatic ring is 1. The number of halogens is 1. The van der Waals surface area contributed by atoms with Crippen molar-refractivity contribution in [2.75, 3.05) is 17.6 Å². The van der Waals surface area contributed by atoms with Gasteiger partial charge in [-0.05, 0) is 34.5 Å². The number of rotatable bonds is 5. The topological polar surface area (TPSA) is 107 Å². The van der Waals surface area contributed by atoms with Gasteiger partial charge in [-0.3, -0.25) is 10.1 Å². The molecule has 19 heavy (non-hydrogen) atoms. The Hall–Kier alpha value is -1.74. The highest BCUT2D eigenvalue weighted by Gasteiger charge is 2.16. The molecule has 0 spiro atoms. The van der Waals surface area contributed by atoms with Gasteiger partial charge in [-0.25, -0.2) is 4.98 Å². The van der Waals surface area contributed by atoms with E-state index in [1.165, 1.54) is 4.88 Å². The number of aromatic nitrogens is 2. The van der Waals surface area contributed by atoms with Crippen LogP contribution < -0.4 is 11.1 Å². The SMILES string of the molecule is Nc1ncc([N+](=O)[O-])c(NCCc2ccc(Br)s2)n1. The van der Waals surface area contributed by atoms with Gasteiger partial charge in [0.2, 0.25) is 11.8 Å². The zero-order valence-electron chi connectivity index (χ0n) is 9.67. The first-order chi connectivity index (χ1) is 9.06. The fraction of sp³-hybridized carbons (Fsp3) is 0.200. The van der Waals surface area contributed by atoms with Crippen molar-refractivity contribution in [3.05, 3.63) is 37.1 Å². The maximum atomic E-state index is 10.8. The Morgan fingerprint density at radius 1 is 1.53 bits per heavy atom. The van der Waals surface area contributed by atoms with Gasteiger partial charge in [-0.15, -0.1) is 11.3 Å². The third-order valence-corrected chi connectivity index (χ3v) is 3.96. The molecule has 7 nitrogen and oxygen atoms in total. The maximum absolute atomic E-state index is 10.8. The average Bonchev–Trinajstić information content (AvgIpc) is 2.75. The number of nitrogens with zero attached hydrogens (tertiary/aromatic N) is 3. The summed E-state index contributed by atoms with van der Waals surface area (Å²) in [5, 5.41) is 13.7. The van der Waals surface area contributed by atoms with E-state index in [-0.39, 0.29) is 17.5 Å². The molecule has 2 heterocycles. The van der Waals surface area contributed by atoms with Crippen molar-refractivity contribution in [3.63, 3.8) is 0 Å². The molecular formula is C10H10BrN5O2S. The summed E-state index contributed by atoms with van der Waals surface area (Å²) in [6.45, 7) is 0.532. The number of hydrogen-bond donors (Lipinski definition) is 2. The number of anilines is 2. The predicted octanol–water partition coefficient (Wildman–Crippen LogP) is 2.45. The van der Waals surface area contributed by atoms with Crippen LogP contribution in [0.3, 0.4) is 0 Å². The summed E-state index contributed by atoms with van der Waals surface area (Å²) in [7, 11) is 0. The fourth-order valence-electron chi connectivity index (χ4n) is 1.44.